The predicted molar refractivity (Wildman–Crippen MR) is 90.9 cm³/mol. The highest BCUT2D eigenvalue weighted by molar-refractivity contribution is 6.31. The number of aliphatic hydroxyl groups is 1. The molecule has 1 aliphatic rings. The highest BCUT2D eigenvalue weighted by Gasteiger charge is 2.18. The molecule has 0 spiro atoms. The number of ether oxygens (including phenoxy) is 2. The summed E-state index contributed by atoms with van der Waals surface area (Å²) in [5, 5.41) is 13.5. The molecule has 2 aromatic rings. The summed E-state index contributed by atoms with van der Waals surface area (Å²) in [5.41, 5.74) is 2.16. The summed E-state index contributed by atoms with van der Waals surface area (Å²) in [6.45, 7) is 0.758. The Morgan fingerprint density at radius 3 is 3.00 bits per heavy atom. The summed E-state index contributed by atoms with van der Waals surface area (Å²) < 4.78 is 10.6. The molecule has 0 radical (unpaired) electrons. The molecule has 1 amide bonds. The van der Waals surface area contributed by atoms with E-state index in [9.17, 15) is 9.90 Å². The molecule has 5 nitrogen and oxygen atoms in total. The van der Waals surface area contributed by atoms with Gasteiger partial charge in [-0.1, -0.05) is 17.7 Å². The zero-order valence-corrected chi connectivity index (χ0v) is 14.0. The van der Waals surface area contributed by atoms with Crippen molar-refractivity contribution < 1.29 is 19.4 Å². The van der Waals surface area contributed by atoms with Gasteiger partial charge in [0.25, 0.3) is 5.91 Å². The van der Waals surface area contributed by atoms with Gasteiger partial charge in [0.2, 0.25) is 0 Å². The Hall–Kier alpha value is -2.24. The van der Waals surface area contributed by atoms with Crippen LogP contribution in [0.25, 0.3) is 0 Å². The average Bonchev–Trinajstić information content (AvgIpc) is 3.06. The summed E-state index contributed by atoms with van der Waals surface area (Å²) in [4.78, 5) is 12.3. The number of hydrogen-bond acceptors (Lipinski definition) is 4. The molecule has 2 aromatic carbocycles. The molecule has 1 atom stereocenters. The Bertz CT molecular complexity index is 763. The second-order valence-corrected chi connectivity index (χ2v) is 5.97. The van der Waals surface area contributed by atoms with Crippen molar-refractivity contribution in [2.45, 2.75) is 12.5 Å². The first-order valence-corrected chi connectivity index (χ1v) is 8.01. The number of halogens is 1. The lowest BCUT2D eigenvalue weighted by atomic mass is 10.0. The largest absolute Gasteiger partial charge is 0.496 e. The molecular weight excluding hydrogens is 330 g/mol. The minimum absolute atomic E-state index is 0.0914. The Morgan fingerprint density at radius 2 is 2.21 bits per heavy atom. The average molecular weight is 348 g/mol. The first kappa shape index (κ1) is 16.6. The van der Waals surface area contributed by atoms with E-state index in [0.29, 0.717) is 22.9 Å². The van der Waals surface area contributed by atoms with Crippen LogP contribution in [0.2, 0.25) is 5.02 Å². The Kier molecular flexibility index (Phi) is 4.92. The third kappa shape index (κ3) is 3.47. The maximum atomic E-state index is 12.3. The Morgan fingerprint density at radius 1 is 1.38 bits per heavy atom. The lowest BCUT2D eigenvalue weighted by Gasteiger charge is -2.14. The van der Waals surface area contributed by atoms with Gasteiger partial charge < -0.3 is 19.9 Å². The minimum Gasteiger partial charge on any atom is -0.496 e. The molecule has 1 heterocycles. The van der Waals surface area contributed by atoms with Gasteiger partial charge in [-0.15, -0.1) is 0 Å². The third-order valence-corrected chi connectivity index (χ3v) is 4.20. The fourth-order valence-corrected chi connectivity index (χ4v) is 2.85. The summed E-state index contributed by atoms with van der Waals surface area (Å²) in [7, 11) is 1.49. The van der Waals surface area contributed by atoms with E-state index in [-0.39, 0.29) is 12.5 Å². The molecule has 24 heavy (non-hydrogen) atoms. The molecular formula is C18H18ClNO4. The van der Waals surface area contributed by atoms with E-state index in [1.54, 1.807) is 18.2 Å². The van der Waals surface area contributed by atoms with E-state index < -0.39 is 6.10 Å². The van der Waals surface area contributed by atoms with Crippen molar-refractivity contribution in [2.24, 2.45) is 0 Å². The number of methoxy groups -OCH3 is 1. The molecule has 0 saturated carbocycles. The van der Waals surface area contributed by atoms with Crippen LogP contribution in [0.5, 0.6) is 11.5 Å². The standard InChI is InChI=1S/C18H18ClNO4/c1-23-17-5-3-13(19)9-14(17)18(22)20-10-15(21)11-2-4-16-12(8-11)6-7-24-16/h2-5,8-9,15,21H,6-7,10H2,1H3,(H,20,22)/t15-/m1/s1. The van der Waals surface area contributed by atoms with Crippen molar-refractivity contribution in [3.63, 3.8) is 0 Å². The van der Waals surface area contributed by atoms with E-state index in [0.717, 1.165) is 23.3 Å². The maximum absolute atomic E-state index is 12.3. The number of benzene rings is 2. The van der Waals surface area contributed by atoms with Gasteiger partial charge >= 0.3 is 0 Å². The van der Waals surface area contributed by atoms with E-state index in [1.165, 1.54) is 13.2 Å². The van der Waals surface area contributed by atoms with Crippen molar-refractivity contribution in [1.29, 1.82) is 0 Å². The summed E-state index contributed by atoms with van der Waals surface area (Å²) in [6, 6.07) is 10.4. The molecule has 0 aliphatic carbocycles. The van der Waals surface area contributed by atoms with Gasteiger partial charge in [0.1, 0.15) is 11.5 Å². The summed E-state index contributed by atoms with van der Waals surface area (Å²) in [5.74, 6) is 0.942. The topological polar surface area (TPSA) is 67.8 Å². The van der Waals surface area contributed by atoms with Gasteiger partial charge in [-0.25, -0.2) is 0 Å². The first-order chi connectivity index (χ1) is 11.6. The molecule has 0 fully saturated rings. The van der Waals surface area contributed by atoms with Crippen LogP contribution in [0.3, 0.4) is 0 Å². The Labute approximate surface area is 145 Å². The minimum atomic E-state index is -0.801. The number of fused-ring (bicyclic) bond motifs is 1. The maximum Gasteiger partial charge on any atom is 0.255 e. The SMILES string of the molecule is COc1ccc(Cl)cc1C(=O)NC[C@@H](O)c1ccc2c(c1)CCO2. The van der Waals surface area contributed by atoms with Gasteiger partial charge in [0.15, 0.2) is 0 Å². The highest BCUT2D eigenvalue weighted by Crippen LogP contribution is 2.28. The van der Waals surface area contributed by atoms with Gasteiger partial charge in [-0.2, -0.15) is 0 Å². The van der Waals surface area contributed by atoms with Gasteiger partial charge in [0, 0.05) is 18.0 Å². The van der Waals surface area contributed by atoms with Gasteiger partial charge in [0.05, 0.1) is 25.4 Å². The second-order valence-electron chi connectivity index (χ2n) is 5.54. The number of amides is 1. The molecule has 0 bridgehead atoms. The summed E-state index contributed by atoms with van der Waals surface area (Å²) >= 11 is 5.93. The zero-order valence-electron chi connectivity index (χ0n) is 13.2. The second kappa shape index (κ2) is 7.11. The van der Waals surface area contributed by atoms with Crippen LogP contribution in [-0.4, -0.2) is 31.3 Å². The van der Waals surface area contributed by atoms with Crippen molar-refractivity contribution >= 4 is 17.5 Å². The molecule has 2 N–H and O–H groups in total. The van der Waals surface area contributed by atoms with E-state index >= 15 is 0 Å². The van der Waals surface area contributed by atoms with Gasteiger partial charge in [-0.05, 0) is 41.5 Å². The number of carbonyl (C=O) groups is 1. The molecule has 0 unspecified atom stereocenters. The molecule has 0 aromatic heterocycles. The van der Waals surface area contributed by atoms with E-state index in [2.05, 4.69) is 5.32 Å². The third-order valence-electron chi connectivity index (χ3n) is 3.96. The molecule has 3 rings (SSSR count). The number of carbonyl (C=O) groups excluding carboxylic acids is 1. The number of hydrogen-bond donors (Lipinski definition) is 2. The van der Waals surface area contributed by atoms with Crippen LogP contribution in [-0.2, 0) is 6.42 Å². The lowest BCUT2D eigenvalue weighted by Crippen LogP contribution is -2.28. The van der Waals surface area contributed by atoms with Crippen molar-refractivity contribution in [1.82, 2.24) is 5.32 Å². The van der Waals surface area contributed by atoms with Crippen LogP contribution in [0.15, 0.2) is 36.4 Å². The van der Waals surface area contributed by atoms with E-state index in [1.807, 2.05) is 12.1 Å². The van der Waals surface area contributed by atoms with Crippen LogP contribution >= 0.6 is 11.6 Å². The van der Waals surface area contributed by atoms with E-state index in [4.69, 9.17) is 21.1 Å². The van der Waals surface area contributed by atoms with Crippen LogP contribution < -0.4 is 14.8 Å². The number of nitrogens with one attached hydrogen (secondary N) is 1. The van der Waals surface area contributed by atoms with Crippen molar-refractivity contribution in [3.8, 4) is 11.5 Å². The molecule has 6 heteroatoms. The fraction of sp³-hybridized carbons (Fsp3) is 0.278. The quantitative estimate of drug-likeness (QED) is 0.872. The molecule has 0 saturated heterocycles. The van der Waals surface area contributed by atoms with Crippen molar-refractivity contribution in [2.75, 3.05) is 20.3 Å². The first-order valence-electron chi connectivity index (χ1n) is 7.64. The monoisotopic (exact) mass is 347 g/mol. The highest BCUT2D eigenvalue weighted by atomic mass is 35.5. The fourth-order valence-electron chi connectivity index (χ4n) is 2.67. The Balaban J connectivity index is 1.67. The smallest absolute Gasteiger partial charge is 0.255 e. The van der Waals surface area contributed by atoms with Crippen LogP contribution in [0, 0.1) is 0 Å². The molecule has 1 aliphatic heterocycles. The normalized spacial score (nSPS) is 13.8. The number of rotatable bonds is 5. The molecule has 126 valence electrons. The lowest BCUT2D eigenvalue weighted by molar-refractivity contribution is 0.0913. The van der Waals surface area contributed by atoms with Crippen LogP contribution in [0.4, 0.5) is 0 Å². The van der Waals surface area contributed by atoms with Gasteiger partial charge in [-0.3, -0.25) is 4.79 Å². The summed E-state index contributed by atoms with van der Waals surface area (Å²) in [6.07, 6.45) is 0.0344. The zero-order chi connectivity index (χ0) is 17.1. The van der Waals surface area contributed by atoms with Crippen LogP contribution in [0.1, 0.15) is 27.6 Å². The predicted octanol–water partition coefficient (Wildman–Crippen LogP) is 2.75. The van der Waals surface area contributed by atoms with Crippen molar-refractivity contribution in [3.05, 3.63) is 58.1 Å². The number of aliphatic hydroxyl groups excluding tert-OH is 1.